The first-order valence-electron chi connectivity index (χ1n) is 7.02. The standard InChI is InChI=1S/C14H25NO2/c1-3-14(2)7-9-15(10-8-14)12-6-4-5-11(12)13(16)17/h11-12H,3-10H2,1-2H3,(H,16,17). The maximum atomic E-state index is 11.2. The maximum Gasteiger partial charge on any atom is 0.308 e. The SMILES string of the molecule is CCC1(C)CCN(C2CCCC2C(=O)O)CC1. The smallest absolute Gasteiger partial charge is 0.308 e. The minimum atomic E-state index is -0.587. The first-order valence-corrected chi connectivity index (χ1v) is 7.02. The molecule has 2 unspecified atom stereocenters. The highest BCUT2D eigenvalue weighted by atomic mass is 16.4. The topological polar surface area (TPSA) is 40.5 Å². The van der Waals surface area contributed by atoms with Crippen molar-refractivity contribution in [2.75, 3.05) is 13.1 Å². The molecule has 1 saturated heterocycles. The van der Waals surface area contributed by atoms with Gasteiger partial charge in [-0.15, -0.1) is 0 Å². The lowest BCUT2D eigenvalue weighted by molar-refractivity contribution is -0.143. The van der Waals surface area contributed by atoms with Crippen LogP contribution in [0.2, 0.25) is 0 Å². The van der Waals surface area contributed by atoms with E-state index < -0.39 is 5.97 Å². The lowest BCUT2D eigenvalue weighted by Crippen LogP contribution is -2.47. The molecule has 3 nitrogen and oxygen atoms in total. The lowest BCUT2D eigenvalue weighted by atomic mass is 9.77. The summed E-state index contributed by atoms with van der Waals surface area (Å²) in [4.78, 5) is 13.7. The van der Waals surface area contributed by atoms with Crippen LogP contribution in [0.15, 0.2) is 0 Å². The zero-order valence-electron chi connectivity index (χ0n) is 11.1. The number of rotatable bonds is 3. The van der Waals surface area contributed by atoms with Gasteiger partial charge in [-0.05, 0) is 44.2 Å². The quantitative estimate of drug-likeness (QED) is 0.823. The van der Waals surface area contributed by atoms with Crippen molar-refractivity contribution in [2.45, 2.75) is 58.4 Å². The summed E-state index contributed by atoms with van der Waals surface area (Å²) in [6, 6.07) is 0.314. The predicted molar refractivity (Wildman–Crippen MR) is 68.0 cm³/mol. The van der Waals surface area contributed by atoms with Gasteiger partial charge in [-0.25, -0.2) is 0 Å². The van der Waals surface area contributed by atoms with Crippen molar-refractivity contribution in [3.63, 3.8) is 0 Å². The molecular formula is C14H25NO2. The number of carboxylic acids is 1. The monoisotopic (exact) mass is 239 g/mol. The van der Waals surface area contributed by atoms with E-state index in [4.69, 9.17) is 0 Å². The van der Waals surface area contributed by atoms with Gasteiger partial charge in [-0.3, -0.25) is 9.69 Å². The van der Waals surface area contributed by atoms with Gasteiger partial charge in [0.15, 0.2) is 0 Å². The molecule has 0 aromatic carbocycles. The van der Waals surface area contributed by atoms with Gasteiger partial charge in [0.25, 0.3) is 0 Å². The van der Waals surface area contributed by atoms with Crippen LogP contribution in [0.25, 0.3) is 0 Å². The molecule has 1 saturated carbocycles. The molecule has 3 heteroatoms. The highest BCUT2D eigenvalue weighted by molar-refractivity contribution is 5.71. The second-order valence-electron chi connectivity index (χ2n) is 6.14. The zero-order chi connectivity index (χ0) is 12.5. The van der Waals surface area contributed by atoms with Crippen LogP contribution >= 0.6 is 0 Å². The lowest BCUT2D eigenvalue weighted by Gasteiger charge is -2.42. The third-order valence-corrected chi connectivity index (χ3v) is 5.12. The van der Waals surface area contributed by atoms with E-state index in [-0.39, 0.29) is 5.92 Å². The Bertz CT molecular complexity index is 282. The van der Waals surface area contributed by atoms with Crippen molar-refractivity contribution in [3.8, 4) is 0 Å². The zero-order valence-corrected chi connectivity index (χ0v) is 11.1. The van der Waals surface area contributed by atoms with Gasteiger partial charge in [0.2, 0.25) is 0 Å². The van der Waals surface area contributed by atoms with Crippen molar-refractivity contribution in [1.82, 2.24) is 4.90 Å². The van der Waals surface area contributed by atoms with Crippen LogP contribution in [0.1, 0.15) is 52.4 Å². The Kier molecular flexibility index (Phi) is 3.76. The van der Waals surface area contributed by atoms with Crippen LogP contribution in [-0.4, -0.2) is 35.1 Å². The molecule has 1 N–H and O–H groups in total. The summed E-state index contributed by atoms with van der Waals surface area (Å²) >= 11 is 0. The molecule has 0 amide bonds. The molecule has 17 heavy (non-hydrogen) atoms. The summed E-state index contributed by atoms with van der Waals surface area (Å²) < 4.78 is 0. The van der Waals surface area contributed by atoms with Crippen LogP contribution in [0.3, 0.4) is 0 Å². The molecular weight excluding hydrogens is 214 g/mol. The molecule has 1 heterocycles. The Labute approximate surface area is 104 Å². The molecule has 0 aromatic rings. The molecule has 2 rings (SSSR count). The molecule has 2 aliphatic rings. The van der Waals surface area contributed by atoms with E-state index in [1.807, 2.05) is 0 Å². The Morgan fingerprint density at radius 2 is 2.00 bits per heavy atom. The number of hydrogen-bond donors (Lipinski definition) is 1. The Hall–Kier alpha value is -0.570. The van der Waals surface area contributed by atoms with Gasteiger partial charge in [-0.2, -0.15) is 0 Å². The number of likely N-dealkylation sites (tertiary alicyclic amines) is 1. The van der Waals surface area contributed by atoms with E-state index in [2.05, 4.69) is 18.7 Å². The summed E-state index contributed by atoms with van der Waals surface area (Å²) in [6.07, 6.45) is 6.75. The summed E-state index contributed by atoms with van der Waals surface area (Å²) in [6.45, 7) is 6.83. The summed E-state index contributed by atoms with van der Waals surface area (Å²) in [7, 11) is 0. The van der Waals surface area contributed by atoms with Gasteiger partial charge in [0.1, 0.15) is 0 Å². The molecule has 2 atom stereocenters. The second-order valence-corrected chi connectivity index (χ2v) is 6.14. The maximum absolute atomic E-state index is 11.2. The van der Waals surface area contributed by atoms with Gasteiger partial charge < -0.3 is 5.11 Å². The normalized spacial score (nSPS) is 33.8. The highest BCUT2D eigenvalue weighted by Gasteiger charge is 2.39. The molecule has 0 radical (unpaired) electrons. The van der Waals surface area contributed by atoms with Crippen molar-refractivity contribution < 1.29 is 9.90 Å². The Balaban J connectivity index is 1.94. The van der Waals surface area contributed by atoms with Crippen LogP contribution < -0.4 is 0 Å². The van der Waals surface area contributed by atoms with E-state index in [0.29, 0.717) is 11.5 Å². The molecule has 1 aliphatic heterocycles. The number of nitrogens with zero attached hydrogens (tertiary/aromatic N) is 1. The van der Waals surface area contributed by atoms with Gasteiger partial charge in [0, 0.05) is 6.04 Å². The highest BCUT2D eigenvalue weighted by Crippen LogP contribution is 2.38. The number of aliphatic carboxylic acids is 1. The number of hydrogen-bond acceptors (Lipinski definition) is 2. The van der Waals surface area contributed by atoms with Gasteiger partial charge >= 0.3 is 5.97 Å². The predicted octanol–water partition coefficient (Wildman–Crippen LogP) is 2.75. The summed E-state index contributed by atoms with van der Waals surface area (Å²) in [5.74, 6) is -0.697. The molecule has 0 bridgehead atoms. The fraction of sp³-hybridized carbons (Fsp3) is 0.929. The van der Waals surface area contributed by atoms with E-state index in [1.54, 1.807) is 0 Å². The largest absolute Gasteiger partial charge is 0.481 e. The van der Waals surface area contributed by atoms with Crippen molar-refractivity contribution in [3.05, 3.63) is 0 Å². The van der Waals surface area contributed by atoms with Crippen LogP contribution in [-0.2, 0) is 4.79 Å². The molecule has 0 spiro atoms. The Morgan fingerprint density at radius 1 is 1.35 bits per heavy atom. The average molecular weight is 239 g/mol. The van der Waals surface area contributed by atoms with E-state index in [9.17, 15) is 9.90 Å². The van der Waals surface area contributed by atoms with E-state index in [1.165, 1.54) is 19.3 Å². The van der Waals surface area contributed by atoms with Gasteiger partial charge in [-0.1, -0.05) is 26.7 Å². The number of piperidine rings is 1. The molecule has 0 aromatic heterocycles. The molecule has 98 valence electrons. The summed E-state index contributed by atoms with van der Waals surface area (Å²) in [5.41, 5.74) is 0.494. The molecule has 2 fully saturated rings. The van der Waals surface area contributed by atoms with Crippen molar-refractivity contribution >= 4 is 5.97 Å². The van der Waals surface area contributed by atoms with Crippen LogP contribution in [0.5, 0.6) is 0 Å². The number of carboxylic acid groups (broad SMARTS) is 1. The third-order valence-electron chi connectivity index (χ3n) is 5.12. The van der Waals surface area contributed by atoms with Crippen LogP contribution in [0.4, 0.5) is 0 Å². The first kappa shape index (κ1) is 12.9. The Morgan fingerprint density at radius 3 is 2.53 bits per heavy atom. The average Bonchev–Trinajstić information content (AvgIpc) is 2.79. The minimum Gasteiger partial charge on any atom is -0.481 e. The van der Waals surface area contributed by atoms with Crippen molar-refractivity contribution in [1.29, 1.82) is 0 Å². The second kappa shape index (κ2) is 4.97. The first-order chi connectivity index (χ1) is 8.06. The number of carbonyl (C=O) groups is 1. The van der Waals surface area contributed by atoms with Crippen LogP contribution in [0, 0.1) is 11.3 Å². The third kappa shape index (κ3) is 2.65. The molecule has 1 aliphatic carbocycles. The van der Waals surface area contributed by atoms with E-state index in [0.717, 1.165) is 32.4 Å². The van der Waals surface area contributed by atoms with Gasteiger partial charge in [0.05, 0.1) is 5.92 Å². The fourth-order valence-corrected chi connectivity index (χ4v) is 3.41. The minimum absolute atomic E-state index is 0.110. The van der Waals surface area contributed by atoms with Crippen molar-refractivity contribution in [2.24, 2.45) is 11.3 Å². The van der Waals surface area contributed by atoms with E-state index >= 15 is 0 Å². The summed E-state index contributed by atoms with van der Waals surface area (Å²) in [5, 5.41) is 9.24. The fourth-order valence-electron chi connectivity index (χ4n) is 3.41.